The summed E-state index contributed by atoms with van der Waals surface area (Å²) in [7, 11) is 1.67. The lowest BCUT2D eigenvalue weighted by atomic mass is 10.1. The maximum atomic E-state index is 5.42. The van der Waals surface area contributed by atoms with Crippen LogP contribution in [0.1, 0.15) is 5.56 Å². The zero-order chi connectivity index (χ0) is 19.6. The first-order chi connectivity index (χ1) is 14.3. The summed E-state index contributed by atoms with van der Waals surface area (Å²) in [6.45, 7) is 4.57. The molecule has 0 saturated carbocycles. The van der Waals surface area contributed by atoms with E-state index >= 15 is 0 Å². The minimum atomic E-state index is 0.760. The SMILES string of the molecule is COc1ccc2nc(Nc3ccc(CN4CCOCC4)cc3)c3[nH]ncc3c2c1. The highest BCUT2D eigenvalue weighted by molar-refractivity contribution is 6.09. The number of nitrogens with zero attached hydrogens (tertiary/aromatic N) is 3. The van der Waals surface area contributed by atoms with Gasteiger partial charge in [-0.25, -0.2) is 4.98 Å². The molecule has 2 N–H and O–H groups in total. The van der Waals surface area contributed by atoms with Crippen LogP contribution in [-0.2, 0) is 11.3 Å². The second kappa shape index (κ2) is 7.69. The molecule has 2 aromatic carbocycles. The predicted octanol–water partition coefficient (Wildman–Crippen LogP) is 3.70. The van der Waals surface area contributed by atoms with Gasteiger partial charge in [0.1, 0.15) is 11.3 Å². The Hall–Kier alpha value is -3.16. The summed E-state index contributed by atoms with van der Waals surface area (Å²) in [5.41, 5.74) is 4.06. The third-order valence-electron chi connectivity index (χ3n) is 5.33. The van der Waals surface area contributed by atoms with E-state index in [2.05, 4.69) is 44.7 Å². The van der Waals surface area contributed by atoms with Crippen LogP contribution in [0, 0.1) is 0 Å². The normalized spacial score (nSPS) is 15.1. The number of hydrogen-bond acceptors (Lipinski definition) is 6. The minimum absolute atomic E-state index is 0.760. The molecule has 1 saturated heterocycles. The number of H-pyrrole nitrogens is 1. The van der Waals surface area contributed by atoms with Crippen LogP contribution in [0.2, 0.25) is 0 Å². The maximum absolute atomic E-state index is 5.42. The Kier molecular flexibility index (Phi) is 4.75. The fourth-order valence-corrected chi connectivity index (χ4v) is 3.74. The zero-order valence-electron chi connectivity index (χ0n) is 16.3. The van der Waals surface area contributed by atoms with E-state index in [9.17, 15) is 0 Å². The van der Waals surface area contributed by atoms with E-state index < -0.39 is 0 Å². The van der Waals surface area contributed by atoms with E-state index in [1.807, 2.05) is 24.4 Å². The molecular formula is C22H23N5O2. The highest BCUT2D eigenvalue weighted by Crippen LogP contribution is 2.31. The van der Waals surface area contributed by atoms with Gasteiger partial charge in [0.15, 0.2) is 5.82 Å². The van der Waals surface area contributed by atoms with E-state index in [1.165, 1.54) is 5.56 Å². The van der Waals surface area contributed by atoms with Crippen molar-refractivity contribution < 1.29 is 9.47 Å². The van der Waals surface area contributed by atoms with Crippen molar-refractivity contribution in [2.45, 2.75) is 6.54 Å². The molecule has 4 aromatic rings. The zero-order valence-corrected chi connectivity index (χ0v) is 16.3. The maximum Gasteiger partial charge on any atom is 0.157 e. The number of anilines is 2. The Morgan fingerprint density at radius 2 is 1.93 bits per heavy atom. The van der Waals surface area contributed by atoms with Gasteiger partial charge in [0.2, 0.25) is 0 Å². The summed E-state index contributed by atoms with van der Waals surface area (Å²) in [6, 6.07) is 14.4. The second-order valence-electron chi connectivity index (χ2n) is 7.21. The van der Waals surface area contributed by atoms with Gasteiger partial charge in [0, 0.05) is 36.1 Å². The lowest BCUT2D eigenvalue weighted by molar-refractivity contribution is 0.0342. The Morgan fingerprint density at radius 1 is 1.10 bits per heavy atom. The Balaban J connectivity index is 1.41. The van der Waals surface area contributed by atoms with Crippen LogP contribution in [0.5, 0.6) is 5.75 Å². The third kappa shape index (κ3) is 3.62. The molecule has 5 rings (SSSR count). The average Bonchev–Trinajstić information content (AvgIpc) is 3.26. The summed E-state index contributed by atoms with van der Waals surface area (Å²) in [5.74, 6) is 1.56. The summed E-state index contributed by atoms with van der Waals surface area (Å²) in [6.07, 6.45) is 1.83. The molecule has 0 unspecified atom stereocenters. The molecule has 3 heterocycles. The number of hydrogen-bond donors (Lipinski definition) is 2. The Bertz CT molecular complexity index is 1130. The van der Waals surface area contributed by atoms with Gasteiger partial charge in [-0.1, -0.05) is 12.1 Å². The molecule has 1 aliphatic heterocycles. The molecule has 0 bridgehead atoms. The van der Waals surface area contributed by atoms with Crippen LogP contribution in [-0.4, -0.2) is 53.5 Å². The van der Waals surface area contributed by atoms with Gasteiger partial charge in [-0.05, 0) is 35.9 Å². The van der Waals surface area contributed by atoms with E-state index in [0.29, 0.717) is 0 Å². The van der Waals surface area contributed by atoms with Crippen LogP contribution >= 0.6 is 0 Å². The quantitative estimate of drug-likeness (QED) is 0.542. The minimum Gasteiger partial charge on any atom is -0.497 e. The fourth-order valence-electron chi connectivity index (χ4n) is 3.74. The number of pyridine rings is 1. The lowest BCUT2D eigenvalue weighted by Gasteiger charge is -2.26. The number of morpholine rings is 1. The van der Waals surface area contributed by atoms with E-state index in [0.717, 1.165) is 71.9 Å². The molecule has 148 valence electrons. The monoisotopic (exact) mass is 389 g/mol. The molecule has 29 heavy (non-hydrogen) atoms. The molecule has 2 aromatic heterocycles. The first-order valence-corrected chi connectivity index (χ1v) is 9.77. The van der Waals surface area contributed by atoms with Gasteiger partial charge in [0.05, 0.1) is 32.0 Å². The number of fused-ring (bicyclic) bond motifs is 3. The summed E-state index contributed by atoms with van der Waals surface area (Å²) >= 11 is 0. The number of methoxy groups -OCH3 is 1. The summed E-state index contributed by atoms with van der Waals surface area (Å²) < 4.78 is 10.8. The van der Waals surface area contributed by atoms with Crippen LogP contribution in [0.15, 0.2) is 48.7 Å². The molecule has 0 radical (unpaired) electrons. The molecule has 0 atom stereocenters. The Labute approximate surface area is 168 Å². The van der Waals surface area contributed by atoms with Crippen molar-refractivity contribution in [3.63, 3.8) is 0 Å². The fraction of sp³-hybridized carbons (Fsp3) is 0.273. The number of benzene rings is 2. The van der Waals surface area contributed by atoms with Crippen LogP contribution in [0.3, 0.4) is 0 Å². The number of aromatic amines is 1. The summed E-state index contributed by atoms with van der Waals surface area (Å²) in [4.78, 5) is 7.22. The van der Waals surface area contributed by atoms with Gasteiger partial charge >= 0.3 is 0 Å². The van der Waals surface area contributed by atoms with Gasteiger partial charge < -0.3 is 14.8 Å². The third-order valence-corrected chi connectivity index (χ3v) is 5.33. The van der Waals surface area contributed by atoms with Gasteiger partial charge in [0.25, 0.3) is 0 Å². The van der Waals surface area contributed by atoms with Crippen molar-refractivity contribution in [3.05, 3.63) is 54.2 Å². The molecule has 1 fully saturated rings. The van der Waals surface area contributed by atoms with Crippen molar-refractivity contribution in [1.29, 1.82) is 0 Å². The molecule has 0 amide bonds. The highest BCUT2D eigenvalue weighted by atomic mass is 16.5. The van der Waals surface area contributed by atoms with Crippen LogP contribution in [0.25, 0.3) is 21.8 Å². The number of aromatic nitrogens is 3. The lowest BCUT2D eigenvalue weighted by Crippen LogP contribution is -2.35. The van der Waals surface area contributed by atoms with E-state index in [4.69, 9.17) is 14.5 Å². The van der Waals surface area contributed by atoms with Crippen molar-refractivity contribution >= 4 is 33.3 Å². The second-order valence-corrected chi connectivity index (χ2v) is 7.21. The molecule has 0 spiro atoms. The summed E-state index contributed by atoms with van der Waals surface area (Å²) in [5, 5.41) is 12.8. The molecule has 7 nitrogen and oxygen atoms in total. The van der Waals surface area contributed by atoms with E-state index in [1.54, 1.807) is 7.11 Å². The van der Waals surface area contributed by atoms with Gasteiger partial charge in [-0.3, -0.25) is 10.00 Å². The van der Waals surface area contributed by atoms with Crippen molar-refractivity contribution in [1.82, 2.24) is 20.1 Å². The van der Waals surface area contributed by atoms with E-state index in [-0.39, 0.29) is 0 Å². The van der Waals surface area contributed by atoms with Crippen LogP contribution < -0.4 is 10.1 Å². The average molecular weight is 389 g/mol. The van der Waals surface area contributed by atoms with Gasteiger partial charge in [-0.15, -0.1) is 0 Å². The van der Waals surface area contributed by atoms with Gasteiger partial charge in [-0.2, -0.15) is 5.10 Å². The molecule has 7 heteroatoms. The number of nitrogens with one attached hydrogen (secondary N) is 2. The first kappa shape index (κ1) is 17.9. The largest absolute Gasteiger partial charge is 0.497 e. The molecular weight excluding hydrogens is 366 g/mol. The number of rotatable bonds is 5. The topological polar surface area (TPSA) is 75.3 Å². The molecule has 1 aliphatic rings. The van der Waals surface area contributed by atoms with Crippen molar-refractivity contribution in [2.75, 3.05) is 38.7 Å². The smallest absolute Gasteiger partial charge is 0.157 e. The van der Waals surface area contributed by atoms with Crippen molar-refractivity contribution in [2.24, 2.45) is 0 Å². The Morgan fingerprint density at radius 3 is 2.72 bits per heavy atom. The van der Waals surface area contributed by atoms with Crippen LogP contribution in [0.4, 0.5) is 11.5 Å². The van der Waals surface area contributed by atoms with Crippen molar-refractivity contribution in [3.8, 4) is 5.75 Å². The molecule has 0 aliphatic carbocycles. The predicted molar refractivity (Wildman–Crippen MR) is 114 cm³/mol. The first-order valence-electron chi connectivity index (χ1n) is 9.77. The standard InChI is InChI=1S/C22H23N5O2/c1-28-17-6-7-20-18(12-17)19-13-23-26-21(19)22(25-20)24-16-4-2-15(3-5-16)14-27-8-10-29-11-9-27/h2-7,12-13H,8-11,14H2,1H3,(H,23,26)(H,24,25). The number of ether oxygens (including phenoxy) is 2. The highest BCUT2D eigenvalue weighted by Gasteiger charge is 2.13.